The molecule has 7 nitrogen and oxygen atoms in total. The van der Waals surface area contributed by atoms with Crippen LogP contribution in [0.2, 0.25) is 0 Å². The number of fused-ring (bicyclic) bond motifs is 1. The van der Waals surface area contributed by atoms with Gasteiger partial charge in [-0.05, 0) is 42.8 Å². The van der Waals surface area contributed by atoms with Gasteiger partial charge in [-0.25, -0.2) is 18.4 Å². The van der Waals surface area contributed by atoms with Gasteiger partial charge in [-0.15, -0.1) is 0 Å². The van der Waals surface area contributed by atoms with Crippen molar-refractivity contribution in [1.29, 1.82) is 0 Å². The molecular weight excluding hydrogens is 422 g/mol. The van der Waals surface area contributed by atoms with Crippen molar-refractivity contribution in [3.05, 3.63) is 60.3 Å². The van der Waals surface area contributed by atoms with Crippen LogP contribution in [0.25, 0.3) is 20.9 Å². The number of pyridine rings is 1. The molecule has 0 aliphatic carbocycles. The highest BCUT2D eigenvalue weighted by Gasteiger charge is 2.22. The molecule has 4 rings (SSSR count). The van der Waals surface area contributed by atoms with Crippen molar-refractivity contribution in [2.45, 2.75) is 11.8 Å². The third-order valence-electron chi connectivity index (χ3n) is 4.64. The molecule has 0 saturated carbocycles. The van der Waals surface area contributed by atoms with E-state index in [0.717, 1.165) is 26.5 Å². The predicted molar refractivity (Wildman–Crippen MR) is 118 cm³/mol. The molecule has 30 heavy (non-hydrogen) atoms. The summed E-state index contributed by atoms with van der Waals surface area (Å²) in [6, 6.07) is 13.8. The van der Waals surface area contributed by atoms with Gasteiger partial charge in [-0.3, -0.25) is 4.72 Å². The topological polar surface area (TPSA) is 90.4 Å². The number of nitrogens with one attached hydrogen (secondary N) is 1. The summed E-state index contributed by atoms with van der Waals surface area (Å²) < 4.78 is 39.3. The van der Waals surface area contributed by atoms with Crippen LogP contribution in [-0.4, -0.2) is 32.6 Å². The fraction of sp³-hybridized carbons (Fsp3) is 0.143. The second kappa shape index (κ2) is 7.92. The van der Waals surface area contributed by atoms with Crippen LogP contribution >= 0.6 is 11.3 Å². The molecule has 1 N–H and O–H groups in total. The van der Waals surface area contributed by atoms with Crippen LogP contribution < -0.4 is 14.2 Å². The maximum atomic E-state index is 13.1. The van der Waals surface area contributed by atoms with E-state index in [1.807, 2.05) is 25.1 Å². The van der Waals surface area contributed by atoms with E-state index in [1.54, 1.807) is 30.5 Å². The molecule has 0 unspecified atom stereocenters. The summed E-state index contributed by atoms with van der Waals surface area (Å²) >= 11 is 1.46. The summed E-state index contributed by atoms with van der Waals surface area (Å²) in [5, 5.41) is 0.779. The summed E-state index contributed by atoms with van der Waals surface area (Å²) in [5.41, 5.74) is 2.88. The average molecular weight is 442 g/mol. The third-order valence-corrected chi connectivity index (χ3v) is 7.03. The zero-order valence-corrected chi connectivity index (χ0v) is 18.2. The van der Waals surface area contributed by atoms with Crippen molar-refractivity contribution < 1.29 is 17.9 Å². The summed E-state index contributed by atoms with van der Waals surface area (Å²) in [5.74, 6) is 0.651. The van der Waals surface area contributed by atoms with Gasteiger partial charge in [0, 0.05) is 17.8 Å². The Morgan fingerprint density at radius 1 is 1.03 bits per heavy atom. The SMILES string of the molecule is COc1ccc(OC)c(S(=O)(=O)Nc2cccc(-c3nc4cccnc4s3)c2C)c1. The van der Waals surface area contributed by atoms with Crippen molar-refractivity contribution in [3.63, 3.8) is 0 Å². The van der Waals surface area contributed by atoms with Crippen molar-refractivity contribution in [3.8, 4) is 22.1 Å². The molecular formula is C21H19N3O4S2. The number of benzene rings is 2. The number of rotatable bonds is 6. The Labute approximate surface area is 178 Å². The van der Waals surface area contributed by atoms with E-state index in [-0.39, 0.29) is 10.6 Å². The number of anilines is 1. The summed E-state index contributed by atoms with van der Waals surface area (Å²) in [7, 11) is -1.02. The number of hydrogen-bond acceptors (Lipinski definition) is 7. The van der Waals surface area contributed by atoms with Crippen molar-refractivity contribution in [2.24, 2.45) is 0 Å². The zero-order chi connectivity index (χ0) is 21.3. The first kappa shape index (κ1) is 20.1. The normalized spacial score (nSPS) is 11.4. The lowest BCUT2D eigenvalue weighted by molar-refractivity contribution is 0.392. The first-order valence-electron chi connectivity index (χ1n) is 8.99. The number of ether oxygens (including phenoxy) is 2. The maximum absolute atomic E-state index is 13.1. The minimum Gasteiger partial charge on any atom is -0.497 e. The Morgan fingerprint density at radius 2 is 1.87 bits per heavy atom. The van der Waals surface area contributed by atoms with Gasteiger partial charge in [-0.2, -0.15) is 0 Å². The quantitative estimate of drug-likeness (QED) is 0.474. The van der Waals surface area contributed by atoms with E-state index in [1.165, 1.54) is 31.6 Å². The van der Waals surface area contributed by atoms with E-state index in [9.17, 15) is 8.42 Å². The highest BCUT2D eigenvalue weighted by atomic mass is 32.2. The summed E-state index contributed by atoms with van der Waals surface area (Å²) in [4.78, 5) is 9.80. The number of aromatic nitrogens is 2. The maximum Gasteiger partial charge on any atom is 0.265 e. The van der Waals surface area contributed by atoms with Crippen molar-refractivity contribution in [2.75, 3.05) is 18.9 Å². The van der Waals surface area contributed by atoms with Crippen LogP contribution in [0.3, 0.4) is 0 Å². The third kappa shape index (κ3) is 3.69. The Kier molecular flexibility index (Phi) is 5.31. The molecule has 2 aromatic heterocycles. The first-order valence-corrected chi connectivity index (χ1v) is 11.3. The van der Waals surface area contributed by atoms with Crippen LogP contribution in [-0.2, 0) is 10.0 Å². The largest absolute Gasteiger partial charge is 0.497 e. The molecule has 0 spiro atoms. The number of sulfonamides is 1. The van der Waals surface area contributed by atoms with Gasteiger partial charge < -0.3 is 9.47 Å². The molecule has 0 saturated heterocycles. The average Bonchev–Trinajstić information content (AvgIpc) is 3.18. The number of thiazole rings is 1. The number of hydrogen-bond donors (Lipinski definition) is 1. The summed E-state index contributed by atoms with van der Waals surface area (Å²) in [6.07, 6.45) is 1.73. The Hall–Kier alpha value is -3.17. The van der Waals surface area contributed by atoms with Gasteiger partial charge in [0.25, 0.3) is 10.0 Å². The van der Waals surface area contributed by atoms with Gasteiger partial charge in [0.05, 0.1) is 19.9 Å². The lowest BCUT2D eigenvalue weighted by Gasteiger charge is -2.15. The Morgan fingerprint density at radius 3 is 2.60 bits per heavy atom. The molecule has 4 aromatic rings. The summed E-state index contributed by atoms with van der Waals surface area (Å²) in [6.45, 7) is 1.86. The molecule has 9 heteroatoms. The first-order chi connectivity index (χ1) is 14.4. The molecule has 0 amide bonds. The fourth-order valence-corrected chi connectivity index (χ4v) is 5.35. The Balaban J connectivity index is 1.75. The molecule has 154 valence electrons. The fourth-order valence-electron chi connectivity index (χ4n) is 3.06. The second-order valence-electron chi connectivity index (χ2n) is 6.45. The lowest BCUT2D eigenvalue weighted by Crippen LogP contribution is -2.15. The van der Waals surface area contributed by atoms with Crippen LogP contribution in [0.5, 0.6) is 11.5 Å². The monoisotopic (exact) mass is 441 g/mol. The molecule has 2 heterocycles. The van der Waals surface area contributed by atoms with E-state index >= 15 is 0 Å². The minimum atomic E-state index is -3.92. The van der Waals surface area contributed by atoms with Gasteiger partial charge in [0.2, 0.25) is 0 Å². The van der Waals surface area contributed by atoms with Gasteiger partial charge in [-0.1, -0.05) is 23.5 Å². The number of nitrogens with zero attached hydrogens (tertiary/aromatic N) is 2. The second-order valence-corrected chi connectivity index (χ2v) is 9.08. The van der Waals surface area contributed by atoms with E-state index in [4.69, 9.17) is 9.47 Å². The van der Waals surface area contributed by atoms with Gasteiger partial charge >= 0.3 is 0 Å². The lowest BCUT2D eigenvalue weighted by atomic mass is 10.1. The highest BCUT2D eigenvalue weighted by molar-refractivity contribution is 7.92. The molecule has 0 radical (unpaired) electrons. The molecule has 0 aliphatic rings. The van der Waals surface area contributed by atoms with Gasteiger partial charge in [0.1, 0.15) is 31.7 Å². The predicted octanol–water partition coefficient (Wildman–Crippen LogP) is 4.48. The number of methoxy groups -OCH3 is 2. The molecule has 0 aliphatic heterocycles. The van der Waals surface area contributed by atoms with Gasteiger partial charge in [0.15, 0.2) is 0 Å². The van der Waals surface area contributed by atoms with Crippen molar-refractivity contribution in [1.82, 2.24) is 9.97 Å². The smallest absolute Gasteiger partial charge is 0.265 e. The van der Waals surface area contributed by atoms with Crippen LogP contribution in [0, 0.1) is 6.92 Å². The molecule has 0 atom stereocenters. The zero-order valence-electron chi connectivity index (χ0n) is 16.5. The van der Waals surface area contributed by atoms with Crippen LogP contribution in [0.1, 0.15) is 5.56 Å². The highest BCUT2D eigenvalue weighted by Crippen LogP contribution is 2.35. The van der Waals surface area contributed by atoms with E-state index < -0.39 is 10.0 Å². The minimum absolute atomic E-state index is 0.00154. The van der Waals surface area contributed by atoms with Crippen molar-refractivity contribution >= 4 is 37.4 Å². The molecule has 0 fully saturated rings. The Bertz CT molecular complexity index is 1300. The standard InChI is InChI=1S/C21H19N3O4S2/c1-13-15(20-23-17-8-5-11-22-21(17)29-20)6-4-7-16(13)24-30(25,26)19-12-14(27-2)9-10-18(19)28-3/h4-12,24H,1-3H3. The van der Waals surface area contributed by atoms with E-state index in [2.05, 4.69) is 14.7 Å². The van der Waals surface area contributed by atoms with Crippen LogP contribution in [0.4, 0.5) is 5.69 Å². The van der Waals surface area contributed by atoms with Crippen LogP contribution in [0.15, 0.2) is 59.6 Å². The molecule has 0 bridgehead atoms. The molecule has 2 aromatic carbocycles. The van der Waals surface area contributed by atoms with E-state index in [0.29, 0.717) is 11.4 Å².